The standard InChI is InChI=1S/C33H30O/c34-33(27-19-11-4-12-20-27)23-31(26-17-9-3-10-18-26)30-22-32(33)29(25-15-7-2-8-16-25)21-28(30)24-13-5-1-6-14-24/h1-21,29-32,34H,22-23H2/i4D,11D,12D,19D,20D. The zero-order valence-electron chi connectivity index (χ0n) is 23.9. The molecule has 1 nitrogen and oxygen atoms in total. The number of allylic oxidation sites excluding steroid dienone is 2. The summed E-state index contributed by atoms with van der Waals surface area (Å²) in [6.45, 7) is 0. The first-order valence-electron chi connectivity index (χ1n) is 14.5. The van der Waals surface area contributed by atoms with Crippen LogP contribution in [-0.2, 0) is 5.60 Å². The third kappa shape index (κ3) is 3.61. The number of hydrogen-bond acceptors (Lipinski definition) is 1. The normalized spacial score (nSPS) is 30.3. The molecule has 2 aliphatic rings. The van der Waals surface area contributed by atoms with Gasteiger partial charge in [0.1, 0.15) is 0 Å². The van der Waals surface area contributed by atoms with Crippen molar-refractivity contribution in [2.45, 2.75) is 30.3 Å². The molecule has 4 aromatic rings. The molecule has 1 N–H and O–H groups in total. The van der Waals surface area contributed by atoms with Crippen molar-refractivity contribution < 1.29 is 12.0 Å². The predicted octanol–water partition coefficient (Wildman–Crippen LogP) is 7.57. The van der Waals surface area contributed by atoms with Crippen LogP contribution in [0.25, 0.3) is 5.57 Å². The molecular formula is C33H30O. The van der Waals surface area contributed by atoms with Gasteiger partial charge in [-0.15, -0.1) is 0 Å². The molecule has 168 valence electrons. The fraction of sp³-hybridized carbons (Fsp3) is 0.212. The van der Waals surface area contributed by atoms with Gasteiger partial charge < -0.3 is 5.11 Å². The third-order valence-corrected chi connectivity index (χ3v) is 7.78. The molecule has 0 saturated heterocycles. The molecule has 6 rings (SSSR count). The maximum atomic E-state index is 12.8. The Balaban J connectivity index is 1.63. The second-order valence-electron chi connectivity index (χ2n) is 9.52. The van der Waals surface area contributed by atoms with Gasteiger partial charge in [-0.25, -0.2) is 0 Å². The van der Waals surface area contributed by atoms with Crippen LogP contribution in [0.4, 0.5) is 0 Å². The number of rotatable bonds is 4. The van der Waals surface area contributed by atoms with Crippen LogP contribution >= 0.6 is 0 Å². The van der Waals surface area contributed by atoms with Gasteiger partial charge in [-0.2, -0.15) is 0 Å². The summed E-state index contributed by atoms with van der Waals surface area (Å²) >= 11 is 0. The van der Waals surface area contributed by atoms with E-state index in [2.05, 4.69) is 42.5 Å². The van der Waals surface area contributed by atoms with Crippen molar-refractivity contribution in [3.63, 3.8) is 0 Å². The highest BCUT2D eigenvalue weighted by atomic mass is 16.3. The van der Waals surface area contributed by atoms with Crippen molar-refractivity contribution in [3.05, 3.63) is 150 Å². The molecule has 1 fully saturated rings. The fourth-order valence-electron chi connectivity index (χ4n) is 6.23. The Morgan fingerprint density at radius 2 is 1.29 bits per heavy atom. The second kappa shape index (κ2) is 8.74. The Morgan fingerprint density at radius 3 is 1.94 bits per heavy atom. The number of fused-ring (bicyclic) bond motifs is 2. The van der Waals surface area contributed by atoms with Crippen LogP contribution in [0.5, 0.6) is 0 Å². The van der Waals surface area contributed by atoms with E-state index in [0.717, 1.165) is 16.7 Å². The van der Waals surface area contributed by atoms with Crippen LogP contribution in [0.1, 0.15) is 53.8 Å². The summed E-state index contributed by atoms with van der Waals surface area (Å²) in [6.07, 6.45) is 3.14. The number of benzene rings is 4. The minimum absolute atomic E-state index is 0.00960. The van der Waals surface area contributed by atoms with Crippen molar-refractivity contribution >= 4 is 5.57 Å². The van der Waals surface area contributed by atoms with E-state index in [0.29, 0.717) is 6.42 Å². The summed E-state index contributed by atoms with van der Waals surface area (Å²) in [4.78, 5) is 0. The molecule has 34 heavy (non-hydrogen) atoms. The average molecular weight is 448 g/mol. The lowest BCUT2D eigenvalue weighted by Gasteiger charge is -2.53. The Hall–Kier alpha value is -3.42. The molecule has 0 radical (unpaired) electrons. The van der Waals surface area contributed by atoms with Crippen LogP contribution in [0.3, 0.4) is 0 Å². The molecule has 2 aliphatic carbocycles. The van der Waals surface area contributed by atoms with Gasteiger partial charge >= 0.3 is 0 Å². The maximum Gasteiger partial charge on any atom is 0.0939 e. The molecule has 1 heteroatoms. The van der Waals surface area contributed by atoms with Crippen molar-refractivity contribution in [2.75, 3.05) is 0 Å². The molecular weight excluding hydrogens is 412 g/mol. The van der Waals surface area contributed by atoms with E-state index in [9.17, 15) is 5.11 Å². The maximum absolute atomic E-state index is 12.8. The summed E-state index contributed by atoms with van der Waals surface area (Å²) in [5, 5.41) is 12.8. The van der Waals surface area contributed by atoms with Crippen LogP contribution in [0.15, 0.2) is 127 Å². The Morgan fingerprint density at radius 1 is 0.706 bits per heavy atom. The highest BCUT2D eigenvalue weighted by Gasteiger charge is 2.53. The molecule has 5 unspecified atom stereocenters. The lowest BCUT2D eigenvalue weighted by molar-refractivity contribution is -0.0784. The van der Waals surface area contributed by atoms with Crippen LogP contribution < -0.4 is 0 Å². The minimum Gasteiger partial charge on any atom is -0.385 e. The highest BCUT2D eigenvalue weighted by molar-refractivity contribution is 5.71. The van der Waals surface area contributed by atoms with Crippen LogP contribution in [0, 0.1) is 11.8 Å². The van der Waals surface area contributed by atoms with Gasteiger partial charge in [0.25, 0.3) is 0 Å². The minimum atomic E-state index is -1.64. The highest BCUT2D eigenvalue weighted by Crippen LogP contribution is 2.61. The largest absolute Gasteiger partial charge is 0.385 e. The average Bonchev–Trinajstić information content (AvgIpc) is 2.98. The Bertz CT molecular complexity index is 1510. The topological polar surface area (TPSA) is 20.2 Å². The fourth-order valence-corrected chi connectivity index (χ4v) is 6.23. The van der Waals surface area contributed by atoms with E-state index in [1.165, 1.54) is 5.57 Å². The SMILES string of the molecule is [2H]c1c([2H])c([2H])c(C2(O)CC(c3ccccc3)C3CC2C(c2ccccc2)C=C3c2ccccc2)c([2H])c1[2H]. The Labute approximate surface area is 209 Å². The monoisotopic (exact) mass is 447 g/mol. The molecule has 5 atom stereocenters. The van der Waals surface area contributed by atoms with Crippen molar-refractivity contribution in [3.8, 4) is 0 Å². The molecule has 0 heterocycles. The first-order valence-corrected chi connectivity index (χ1v) is 12.0. The van der Waals surface area contributed by atoms with E-state index in [-0.39, 0.29) is 47.7 Å². The van der Waals surface area contributed by atoms with Gasteiger partial charge in [0.05, 0.1) is 12.5 Å². The molecule has 0 aromatic heterocycles. The van der Waals surface area contributed by atoms with E-state index in [1.54, 1.807) is 0 Å². The summed E-state index contributed by atoms with van der Waals surface area (Å²) in [5.41, 5.74) is 2.87. The molecule has 1 saturated carbocycles. The smallest absolute Gasteiger partial charge is 0.0939 e. The lowest BCUT2D eigenvalue weighted by atomic mass is 9.53. The Kier molecular flexibility index (Phi) is 4.18. The van der Waals surface area contributed by atoms with Gasteiger partial charge in [0, 0.05) is 11.8 Å². The summed E-state index contributed by atoms with van der Waals surface area (Å²) in [5.74, 6) is -0.573. The lowest BCUT2D eigenvalue weighted by Crippen LogP contribution is -2.48. The zero-order chi connectivity index (χ0) is 27.3. The van der Waals surface area contributed by atoms with Crippen LogP contribution in [0.2, 0.25) is 0 Å². The predicted molar refractivity (Wildman–Crippen MR) is 139 cm³/mol. The van der Waals surface area contributed by atoms with E-state index < -0.39 is 23.7 Å². The summed E-state index contributed by atoms with van der Waals surface area (Å²) in [6, 6.07) is 28.6. The van der Waals surface area contributed by atoms with Crippen molar-refractivity contribution in [1.29, 1.82) is 0 Å². The number of hydrogen-bond donors (Lipinski definition) is 1. The van der Waals surface area contributed by atoms with Crippen molar-refractivity contribution in [1.82, 2.24) is 0 Å². The zero-order valence-corrected chi connectivity index (χ0v) is 18.9. The first kappa shape index (κ1) is 16.2. The van der Waals surface area contributed by atoms with E-state index in [4.69, 9.17) is 6.85 Å². The molecule has 0 spiro atoms. The van der Waals surface area contributed by atoms with Gasteiger partial charge in [0.2, 0.25) is 0 Å². The van der Waals surface area contributed by atoms with Gasteiger partial charge in [0.15, 0.2) is 0 Å². The van der Waals surface area contributed by atoms with Gasteiger partial charge in [-0.05, 0) is 52.5 Å². The molecule has 2 bridgehead atoms. The van der Waals surface area contributed by atoms with Crippen LogP contribution in [-0.4, -0.2) is 5.11 Å². The second-order valence-corrected chi connectivity index (χ2v) is 9.52. The first-order chi connectivity index (χ1) is 18.8. The van der Waals surface area contributed by atoms with E-state index >= 15 is 0 Å². The molecule has 4 aromatic carbocycles. The molecule has 0 aliphatic heterocycles. The van der Waals surface area contributed by atoms with Crippen molar-refractivity contribution in [2.24, 2.45) is 11.8 Å². The van der Waals surface area contributed by atoms with Gasteiger partial charge in [-0.1, -0.05) is 127 Å². The quantitative estimate of drug-likeness (QED) is 0.342. The van der Waals surface area contributed by atoms with E-state index in [1.807, 2.05) is 54.6 Å². The van der Waals surface area contributed by atoms with Gasteiger partial charge in [-0.3, -0.25) is 0 Å². The molecule has 0 amide bonds. The summed E-state index contributed by atoms with van der Waals surface area (Å²) in [7, 11) is 0. The third-order valence-electron chi connectivity index (χ3n) is 7.78. The number of aliphatic hydroxyl groups is 1. The summed E-state index contributed by atoms with van der Waals surface area (Å²) < 4.78 is 42.4.